The first-order valence-electron chi connectivity index (χ1n) is 6.52. The van der Waals surface area contributed by atoms with E-state index in [1.165, 1.54) is 0 Å². The lowest BCUT2D eigenvalue weighted by Gasteiger charge is -2.29. The van der Waals surface area contributed by atoms with Gasteiger partial charge in [-0.15, -0.1) is 0 Å². The molecule has 1 aliphatic heterocycles. The standard InChI is InChI=1S/C16H20N2O/c1-11-6-7-13-12(8-11)16(4,14(19)18(13)5)9-15(2,3)10-17/h6-8H,9H2,1-5H3. The molecule has 100 valence electrons. The van der Waals surface area contributed by atoms with Gasteiger partial charge in [0, 0.05) is 12.7 Å². The summed E-state index contributed by atoms with van der Waals surface area (Å²) < 4.78 is 0. The molecule has 3 heteroatoms. The molecule has 3 nitrogen and oxygen atoms in total. The average molecular weight is 256 g/mol. The maximum atomic E-state index is 12.6. The van der Waals surface area contributed by atoms with Crippen LogP contribution in [0.4, 0.5) is 5.69 Å². The van der Waals surface area contributed by atoms with E-state index in [1.807, 2.05) is 39.8 Å². The van der Waals surface area contributed by atoms with Gasteiger partial charge in [-0.05, 0) is 45.7 Å². The molecule has 1 unspecified atom stereocenters. The molecule has 1 aromatic rings. The van der Waals surface area contributed by atoms with Crippen LogP contribution >= 0.6 is 0 Å². The van der Waals surface area contributed by atoms with E-state index in [2.05, 4.69) is 12.1 Å². The van der Waals surface area contributed by atoms with Gasteiger partial charge in [-0.2, -0.15) is 5.26 Å². The van der Waals surface area contributed by atoms with Crippen LogP contribution in [0.2, 0.25) is 0 Å². The van der Waals surface area contributed by atoms with E-state index in [0.29, 0.717) is 6.42 Å². The van der Waals surface area contributed by atoms with Crippen molar-refractivity contribution in [3.8, 4) is 6.07 Å². The Bertz CT molecular complexity index is 583. The Morgan fingerprint density at radius 3 is 2.63 bits per heavy atom. The molecule has 1 aromatic carbocycles. The molecule has 0 aliphatic carbocycles. The lowest BCUT2D eigenvalue weighted by Crippen LogP contribution is -2.39. The van der Waals surface area contributed by atoms with Crippen LogP contribution in [0.5, 0.6) is 0 Å². The summed E-state index contributed by atoms with van der Waals surface area (Å²) in [6.45, 7) is 7.76. The summed E-state index contributed by atoms with van der Waals surface area (Å²) in [4.78, 5) is 14.3. The Hall–Kier alpha value is -1.82. The van der Waals surface area contributed by atoms with Crippen molar-refractivity contribution in [3.63, 3.8) is 0 Å². The van der Waals surface area contributed by atoms with Crippen molar-refractivity contribution in [3.05, 3.63) is 29.3 Å². The minimum absolute atomic E-state index is 0.0800. The molecule has 1 amide bonds. The number of nitriles is 1. The number of benzene rings is 1. The van der Waals surface area contributed by atoms with Gasteiger partial charge in [0.05, 0.1) is 16.9 Å². The molecule has 1 aliphatic rings. The molecule has 1 atom stereocenters. The highest BCUT2D eigenvalue weighted by atomic mass is 16.2. The molecule has 0 N–H and O–H groups in total. The van der Waals surface area contributed by atoms with Crippen molar-refractivity contribution in [2.24, 2.45) is 5.41 Å². The smallest absolute Gasteiger partial charge is 0.237 e. The molecule has 1 heterocycles. The van der Waals surface area contributed by atoms with E-state index >= 15 is 0 Å². The van der Waals surface area contributed by atoms with Crippen LogP contribution in [-0.4, -0.2) is 13.0 Å². The van der Waals surface area contributed by atoms with Crippen molar-refractivity contribution in [2.45, 2.75) is 39.5 Å². The minimum atomic E-state index is -0.602. The number of fused-ring (bicyclic) bond motifs is 1. The van der Waals surface area contributed by atoms with E-state index in [-0.39, 0.29) is 5.91 Å². The second kappa shape index (κ2) is 4.09. The maximum absolute atomic E-state index is 12.6. The largest absolute Gasteiger partial charge is 0.314 e. The Balaban J connectivity index is 2.57. The van der Waals surface area contributed by atoms with Gasteiger partial charge in [0.15, 0.2) is 0 Å². The molecule has 0 bridgehead atoms. The van der Waals surface area contributed by atoms with Crippen molar-refractivity contribution >= 4 is 11.6 Å². The topological polar surface area (TPSA) is 44.1 Å². The Kier molecular flexibility index (Phi) is 2.93. The quantitative estimate of drug-likeness (QED) is 0.815. The molecule has 2 rings (SSSR count). The van der Waals surface area contributed by atoms with E-state index in [9.17, 15) is 10.1 Å². The molecule has 0 saturated carbocycles. The van der Waals surface area contributed by atoms with Crippen LogP contribution in [0, 0.1) is 23.7 Å². The minimum Gasteiger partial charge on any atom is -0.314 e. The van der Waals surface area contributed by atoms with Crippen LogP contribution in [0.25, 0.3) is 0 Å². The Morgan fingerprint density at radius 2 is 2.05 bits per heavy atom. The first-order chi connectivity index (χ1) is 8.71. The second-order valence-electron chi connectivity index (χ2n) is 6.39. The van der Waals surface area contributed by atoms with Crippen molar-refractivity contribution in [1.29, 1.82) is 5.26 Å². The summed E-state index contributed by atoms with van der Waals surface area (Å²) in [7, 11) is 1.81. The zero-order chi connectivity index (χ0) is 14.4. The average Bonchev–Trinajstić information content (AvgIpc) is 2.51. The van der Waals surface area contributed by atoms with Crippen molar-refractivity contribution < 1.29 is 4.79 Å². The molecule has 0 saturated heterocycles. The molecular weight excluding hydrogens is 236 g/mol. The van der Waals surface area contributed by atoms with Gasteiger partial charge in [-0.3, -0.25) is 4.79 Å². The molecular formula is C16H20N2O. The summed E-state index contributed by atoms with van der Waals surface area (Å²) >= 11 is 0. The molecule has 0 spiro atoms. The normalized spacial score (nSPS) is 22.3. The number of nitrogens with zero attached hydrogens (tertiary/aromatic N) is 2. The molecule has 0 radical (unpaired) electrons. The maximum Gasteiger partial charge on any atom is 0.237 e. The van der Waals surface area contributed by atoms with Gasteiger partial charge in [0.1, 0.15) is 0 Å². The van der Waals surface area contributed by atoms with E-state index in [1.54, 1.807) is 11.9 Å². The molecule has 0 aromatic heterocycles. The highest BCUT2D eigenvalue weighted by molar-refractivity contribution is 6.07. The summed E-state index contributed by atoms with van der Waals surface area (Å²) in [5, 5.41) is 9.25. The van der Waals surface area contributed by atoms with Crippen LogP contribution in [0.1, 0.15) is 38.3 Å². The number of hydrogen-bond donors (Lipinski definition) is 0. The number of carbonyl (C=O) groups is 1. The predicted octanol–water partition coefficient (Wildman–Crippen LogP) is 3.17. The predicted molar refractivity (Wildman–Crippen MR) is 76.0 cm³/mol. The summed E-state index contributed by atoms with van der Waals surface area (Å²) in [6, 6.07) is 8.39. The number of rotatable bonds is 2. The number of aryl methyl sites for hydroxylation is 1. The van der Waals surface area contributed by atoms with E-state index in [0.717, 1.165) is 16.8 Å². The van der Waals surface area contributed by atoms with Gasteiger partial charge < -0.3 is 4.90 Å². The Labute approximate surface area is 114 Å². The lowest BCUT2D eigenvalue weighted by atomic mass is 9.71. The van der Waals surface area contributed by atoms with Crippen LogP contribution in [0.3, 0.4) is 0 Å². The zero-order valence-corrected chi connectivity index (χ0v) is 12.2. The molecule has 19 heavy (non-hydrogen) atoms. The number of likely N-dealkylation sites (N-methyl/N-ethyl adjacent to an activating group) is 1. The fraction of sp³-hybridized carbons (Fsp3) is 0.500. The lowest BCUT2D eigenvalue weighted by molar-refractivity contribution is -0.123. The number of anilines is 1. The first-order valence-corrected chi connectivity index (χ1v) is 6.52. The zero-order valence-electron chi connectivity index (χ0n) is 12.2. The fourth-order valence-corrected chi connectivity index (χ4v) is 3.07. The molecule has 0 fully saturated rings. The van der Waals surface area contributed by atoms with Gasteiger partial charge in [-0.25, -0.2) is 0 Å². The first kappa shape index (κ1) is 13.6. The highest BCUT2D eigenvalue weighted by Gasteiger charge is 2.48. The second-order valence-corrected chi connectivity index (χ2v) is 6.39. The third-order valence-corrected chi connectivity index (χ3v) is 3.98. The summed E-state index contributed by atoms with van der Waals surface area (Å²) in [5.41, 5.74) is 2.03. The van der Waals surface area contributed by atoms with E-state index in [4.69, 9.17) is 0 Å². The van der Waals surface area contributed by atoms with E-state index < -0.39 is 10.8 Å². The van der Waals surface area contributed by atoms with Gasteiger partial charge in [0.25, 0.3) is 0 Å². The number of carbonyl (C=O) groups excluding carboxylic acids is 1. The van der Waals surface area contributed by atoms with Crippen LogP contribution < -0.4 is 4.90 Å². The van der Waals surface area contributed by atoms with Crippen LogP contribution in [-0.2, 0) is 10.2 Å². The van der Waals surface area contributed by atoms with Crippen molar-refractivity contribution in [1.82, 2.24) is 0 Å². The van der Waals surface area contributed by atoms with Gasteiger partial charge >= 0.3 is 0 Å². The third kappa shape index (κ3) is 2.02. The Morgan fingerprint density at radius 1 is 1.42 bits per heavy atom. The third-order valence-electron chi connectivity index (χ3n) is 3.98. The monoisotopic (exact) mass is 256 g/mol. The van der Waals surface area contributed by atoms with Crippen LogP contribution in [0.15, 0.2) is 18.2 Å². The summed E-state index contributed by atoms with van der Waals surface area (Å²) in [5.74, 6) is 0.0800. The van der Waals surface area contributed by atoms with Gasteiger partial charge in [0.2, 0.25) is 5.91 Å². The SMILES string of the molecule is Cc1ccc2c(c1)C(C)(CC(C)(C)C#N)C(=O)N2C. The van der Waals surface area contributed by atoms with Crippen molar-refractivity contribution in [2.75, 3.05) is 11.9 Å². The summed E-state index contributed by atoms with van der Waals surface area (Å²) in [6.07, 6.45) is 0.538. The highest BCUT2D eigenvalue weighted by Crippen LogP contribution is 2.47. The fourth-order valence-electron chi connectivity index (χ4n) is 3.07. The number of hydrogen-bond acceptors (Lipinski definition) is 2. The van der Waals surface area contributed by atoms with Gasteiger partial charge in [-0.1, -0.05) is 17.7 Å². The number of amides is 1.